The molecule has 1 saturated heterocycles. The Labute approximate surface area is 160 Å². The van der Waals surface area contributed by atoms with Crippen LogP contribution in [0.15, 0.2) is 54.6 Å². The molecule has 0 spiro atoms. The molecular weight excluding hydrogens is 338 g/mol. The molecule has 0 bridgehead atoms. The monoisotopic (exact) mass is 364 g/mol. The normalized spacial score (nSPS) is 17.6. The van der Waals surface area contributed by atoms with Crippen molar-refractivity contribution >= 4 is 11.8 Å². The molecule has 4 rings (SSSR count). The van der Waals surface area contributed by atoms with Gasteiger partial charge in [-0.05, 0) is 36.1 Å². The van der Waals surface area contributed by atoms with Crippen molar-refractivity contribution in [1.82, 2.24) is 10.2 Å². The molecule has 1 heterocycles. The van der Waals surface area contributed by atoms with Crippen LogP contribution in [0.5, 0.6) is 0 Å². The van der Waals surface area contributed by atoms with Gasteiger partial charge in [-0.3, -0.25) is 9.59 Å². The quantitative estimate of drug-likeness (QED) is 0.831. The topological polar surface area (TPSA) is 53.9 Å². The summed E-state index contributed by atoms with van der Waals surface area (Å²) in [5.74, 6) is 0.222. The van der Waals surface area contributed by atoms with Crippen molar-refractivity contribution in [3.63, 3.8) is 0 Å². The van der Waals surface area contributed by atoms with Gasteiger partial charge in [0.25, 0.3) is 11.8 Å². The van der Waals surface area contributed by atoms with E-state index in [0.717, 1.165) is 42.6 Å². The first-order valence-electron chi connectivity index (χ1n) is 9.77. The zero-order valence-electron chi connectivity index (χ0n) is 15.5. The van der Waals surface area contributed by atoms with E-state index in [-0.39, 0.29) is 11.8 Å². The summed E-state index contributed by atoms with van der Waals surface area (Å²) in [7, 11) is 0. The summed E-state index contributed by atoms with van der Waals surface area (Å²) in [5, 5.41) is 3.04. The molecule has 0 unspecified atom stereocenters. The minimum absolute atomic E-state index is 0.0797. The first-order chi connectivity index (χ1) is 13.2. The largest absolute Gasteiger partial charge is 0.348 e. The fraction of sp³-hybridized carbons (Fsp3) is 0.364. The lowest BCUT2D eigenvalue weighted by Gasteiger charge is -2.32. The van der Waals surface area contributed by atoms with Gasteiger partial charge in [-0.2, -0.15) is 0 Å². The first-order valence-corrected chi connectivity index (χ1v) is 9.77. The average Bonchev–Trinajstić information content (AvgIpc) is 3.53. The van der Waals surface area contributed by atoms with E-state index in [1.165, 1.54) is 4.90 Å². The third kappa shape index (κ3) is 4.55. The number of nitrogens with zero attached hydrogens (tertiary/aromatic N) is 1. The molecule has 27 heavy (non-hydrogen) atoms. The second-order valence-corrected chi connectivity index (χ2v) is 7.50. The van der Waals surface area contributed by atoms with E-state index in [2.05, 4.69) is 17.4 Å². The molecule has 2 N–H and O–H groups in total. The molecule has 2 fully saturated rings. The number of nitrogens with one attached hydrogen (secondary N) is 2. The Morgan fingerprint density at radius 2 is 1.56 bits per heavy atom. The van der Waals surface area contributed by atoms with Gasteiger partial charge >= 0.3 is 0 Å². The zero-order chi connectivity index (χ0) is 18.6. The molecule has 0 atom stereocenters. The summed E-state index contributed by atoms with van der Waals surface area (Å²) in [6, 6.07) is 18.4. The Kier molecular flexibility index (Phi) is 5.21. The number of benzene rings is 2. The van der Waals surface area contributed by atoms with Crippen molar-refractivity contribution in [2.75, 3.05) is 32.7 Å². The van der Waals surface area contributed by atoms with Crippen molar-refractivity contribution in [1.29, 1.82) is 0 Å². The van der Waals surface area contributed by atoms with Gasteiger partial charge in [-0.15, -0.1) is 0 Å². The molecule has 140 valence electrons. The lowest BCUT2D eigenvalue weighted by Crippen LogP contribution is -3.15. The van der Waals surface area contributed by atoms with Gasteiger partial charge in [0, 0.05) is 11.6 Å². The van der Waals surface area contributed by atoms with E-state index in [1.54, 1.807) is 0 Å². The van der Waals surface area contributed by atoms with Crippen LogP contribution in [-0.4, -0.2) is 55.5 Å². The van der Waals surface area contributed by atoms with Crippen molar-refractivity contribution in [2.24, 2.45) is 0 Å². The second kappa shape index (κ2) is 7.92. The maximum atomic E-state index is 12.8. The zero-order valence-corrected chi connectivity index (χ0v) is 15.5. The Balaban J connectivity index is 1.30. The van der Waals surface area contributed by atoms with Gasteiger partial charge in [-0.1, -0.05) is 42.5 Å². The molecule has 1 aliphatic heterocycles. The predicted octanol–water partition coefficient (Wildman–Crippen LogP) is 0.973. The predicted molar refractivity (Wildman–Crippen MR) is 105 cm³/mol. The van der Waals surface area contributed by atoms with E-state index in [9.17, 15) is 9.59 Å². The maximum Gasteiger partial charge on any atom is 0.275 e. The van der Waals surface area contributed by atoms with Crippen LogP contribution < -0.4 is 10.2 Å². The Morgan fingerprint density at radius 1 is 0.926 bits per heavy atom. The van der Waals surface area contributed by atoms with Crippen LogP contribution in [0.4, 0.5) is 0 Å². The molecule has 2 aromatic rings. The van der Waals surface area contributed by atoms with Crippen LogP contribution >= 0.6 is 0 Å². The number of amides is 2. The Morgan fingerprint density at radius 3 is 2.19 bits per heavy atom. The van der Waals surface area contributed by atoms with Crippen LogP contribution in [-0.2, 0) is 4.79 Å². The molecule has 2 aromatic carbocycles. The van der Waals surface area contributed by atoms with E-state index in [4.69, 9.17) is 0 Å². The fourth-order valence-electron chi connectivity index (χ4n) is 3.55. The number of carbonyl (C=O) groups excluding carboxylic acids is 2. The molecule has 5 heteroatoms. The Bertz CT molecular complexity index is 792. The van der Waals surface area contributed by atoms with Gasteiger partial charge in [0.2, 0.25) is 0 Å². The number of rotatable bonds is 5. The number of piperazine rings is 1. The van der Waals surface area contributed by atoms with Crippen molar-refractivity contribution in [2.45, 2.75) is 18.9 Å². The molecule has 2 aliphatic rings. The lowest BCUT2D eigenvalue weighted by atomic mass is 10.0. The van der Waals surface area contributed by atoms with Crippen molar-refractivity contribution in [3.05, 3.63) is 60.2 Å². The molecule has 1 aliphatic carbocycles. The second-order valence-electron chi connectivity index (χ2n) is 7.50. The fourth-order valence-corrected chi connectivity index (χ4v) is 3.55. The van der Waals surface area contributed by atoms with E-state index < -0.39 is 0 Å². The lowest BCUT2D eigenvalue weighted by molar-refractivity contribution is -0.896. The standard InChI is InChI=1S/C22H25N3O2/c26-21(23-20-10-11-20)16-24-12-14-25(15-13-24)22(27)19-8-6-18(7-9-19)17-4-2-1-3-5-17/h1-9,20H,10-16H2,(H,23,26)/p+1. The van der Waals surface area contributed by atoms with Crippen LogP contribution in [0.25, 0.3) is 11.1 Å². The summed E-state index contributed by atoms with van der Waals surface area (Å²) in [6.07, 6.45) is 2.23. The number of quaternary nitrogens is 1. The number of hydrogen-bond acceptors (Lipinski definition) is 2. The van der Waals surface area contributed by atoms with Gasteiger partial charge in [0.05, 0.1) is 26.2 Å². The van der Waals surface area contributed by atoms with Gasteiger partial charge < -0.3 is 15.1 Å². The SMILES string of the molecule is O=C(C[NH+]1CCN(C(=O)c2ccc(-c3ccccc3)cc2)CC1)NC1CC1. The smallest absolute Gasteiger partial charge is 0.275 e. The third-order valence-electron chi connectivity index (χ3n) is 5.35. The minimum Gasteiger partial charge on any atom is -0.348 e. The van der Waals surface area contributed by atoms with Crippen LogP contribution in [0.1, 0.15) is 23.2 Å². The molecule has 5 nitrogen and oxygen atoms in total. The Hall–Kier alpha value is -2.66. The minimum atomic E-state index is 0.0797. The van der Waals surface area contributed by atoms with Gasteiger partial charge in [0.1, 0.15) is 0 Å². The summed E-state index contributed by atoms with van der Waals surface area (Å²) < 4.78 is 0. The van der Waals surface area contributed by atoms with Gasteiger partial charge in [-0.25, -0.2) is 0 Å². The molecule has 0 aromatic heterocycles. The highest BCUT2D eigenvalue weighted by molar-refractivity contribution is 5.94. The molecule has 1 saturated carbocycles. The average molecular weight is 364 g/mol. The third-order valence-corrected chi connectivity index (χ3v) is 5.35. The summed E-state index contributed by atoms with van der Waals surface area (Å²) in [6.45, 7) is 3.57. The van der Waals surface area contributed by atoms with E-state index in [0.29, 0.717) is 25.7 Å². The van der Waals surface area contributed by atoms with Crippen molar-refractivity contribution in [3.8, 4) is 11.1 Å². The van der Waals surface area contributed by atoms with E-state index in [1.807, 2.05) is 47.4 Å². The highest BCUT2D eigenvalue weighted by Crippen LogP contribution is 2.20. The maximum absolute atomic E-state index is 12.8. The number of carbonyl (C=O) groups is 2. The summed E-state index contributed by atoms with van der Waals surface area (Å²) >= 11 is 0. The van der Waals surface area contributed by atoms with Crippen LogP contribution in [0.2, 0.25) is 0 Å². The molecule has 0 radical (unpaired) electrons. The van der Waals surface area contributed by atoms with Crippen LogP contribution in [0, 0.1) is 0 Å². The highest BCUT2D eigenvalue weighted by atomic mass is 16.2. The summed E-state index contributed by atoms with van der Waals surface area (Å²) in [5.41, 5.74) is 2.99. The van der Waals surface area contributed by atoms with Gasteiger partial charge in [0.15, 0.2) is 6.54 Å². The first kappa shape index (κ1) is 17.7. The van der Waals surface area contributed by atoms with E-state index >= 15 is 0 Å². The van der Waals surface area contributed by atoms with Crippen molar-refractivity contribution < 1.29 is 14.5 Å². The van der Waals surface area contributed by atoms with Crippen LogP contribution in [0.3, 0.4) is 0 Å². The molecule has 2 amide bonds. The number of hydrogen-bond donors (Lipinski definition) is 2. The highest BCUT2D eigenvalue weighted by Gasteiger charge is 2.28. The molecular formula is C22H26N3O2+. The summed E-state index contributed by atoms with van der Waals surface area (Å²) in [4.78, 5) is 27.9.